The Bertz CT molecular complexity index is 1060. The molecule has 0 saturated carbocycles. The van der Waals surface area contributed by atoms with Gasteiger partial charge in [0.15, 0.2) is 5.78 Å². The van der Waals surface area contributed by atoms with Crippen molar-refractivity contribution in [2.45, 2.75) is 26.3 Å². The Hall–Kier alpha value is -3.67. The molecule has 0 bridgehead atoms. The van der Waals surface area contributed by atoms with Crippen LogP contribution in [0, 0.1) is 24.0 Å². The Morgan fingerprint density at radius 2 is 1.77 bits per heavy atom. The van der Waals surface area contributed by atoms with Gasteiger partial charge in [-0.25, -0.2) is 0 Å². The molecule has 0 aliphatic heterocycles. The molecule has 0 amide bonds. The fourth-order valence-corrected chi connectivity index (χ4v) is 3.22. The van der Waals surface area contributed by atoms with Crippen molar-refractivity contribution in [3.8, 4) is 5.75 Å². The van der Waals surface area contributed by atoms with Crippen molar-refractivity contribution in [1.29, 1.82) is 0 Å². The summed E-state index contributed by atoms with van der Waals surface area (Å²) < 4.78 is 5.15. The van der Waals surface area contributed by atoms with Crippen LogP contribution in [0.5, 0.6) is 5.75 Å². The third kappa shape index (κ3) is 5.03. The number of aryl methyl sites for hydroxylation is 2. The lowest BCUT2D eigenvalue weighted by atomic mass is 9.96. The maximum absolute atomic E-state index is 12.9. The summed E-state index contributed by atoms with van der Waals surface area (Å²) in [4.78, 5) is 23.7. The molecule has 0 heterocycles. The second-order valence-electron chi connectivity index (χ2n) is 7.20. The Labute approximate surface area is 175 Å². The number of rotatable bonds is 8. The number of benzene rings is 3. The van der Waals surface area contributed by atoms with E-state index in [1.54, 1.807) is 43.5 Å². The van der Waals surface area contributed by atoms with Crippen LogP contribution in [0.2, 0.25) is 0 Å². The first kappa shape index (κ1) is 21.0. The quantitative estimate of drug-likeness (QED) is 0.298. The number of nitro groups is 1. The molecular weight excluding hydrogens is 380 g/mol. The van der Waals surface area contributed by atoms with E-state index in [2.05, 4.69) is 5.32 Å². The molecule has 0 spiro atoms. The molecule has 0 aliphatic rings. The third-order valence-electron chi connectivity index (χ3n) is 5.13. The van der Waals surface area contributed by atoms with E-state index in [9.17, 15) is 14.9 Å². The van der Waals surface area contributed by atoms with Gasteiger partial charge in [-0.3, -0.25) is 14.9 Å². The highest BCUT2D eigenvalue weighted by Gasteiger charge is 2.20. The number of nitrogens with zero attached hydrogens (tertiary/aromatic N) is 1. The summed E-state index contributed by atoms with van der Waals surface area (Å²) in [6.07, 6.45) is 0.153. The van der Waals surface area contributed by atoms with Crippen molar-refractivity contribution in [3.05, 3.63) is 99.1 Å². The number of nitro benzene ring substituents is 1. The molecule has 0 fully saturated rings. The Kier molecular flexibility index (Phi) is 6.47. The van der Waals surface area contributed by atoms with Gasteiger partial charge in [-0.1, -0.05) is 18.2 Å². The van der Waals surface area contributed by atoms with Gasteiger partial charge in [0.1, 0.15) is 5.75 Å². The minimum absolute atomic E-state index is 0.00344. The van der Waals surface area contributed by atoms with Crippen molar-refractivity contribution in [2.75, 3.05) is 12.4 Å². The lowest BCUT2D eigenvalue weighted by molar-refractivity contribution is -0.384. The summed E-state index contributed by atoms with van der Waals surface area (Å²) in [5, 5.41) is 14.6. The van der Waals surface area contributed by atoms with Crippen molar-refractivity contribution < 1.29 is 14.5 Å². The summed E-state index contributed by atoms with van der Waals surface area (Å²) in [6, 6.07) is 18.9. The van der Waals surface area contributed by atoms with Crippen LogP contribution in [0.3, 0.4) is 0 Å². The second kappa shape index (κ2) is 9.22. The molecule has 30 heavy (non-hydrogen) atoms. The average Bonchev–Trinajstić information content (AvgIpc) is 2.76. The van der Waals surface area contributed by atoms with Crippen LogP contribution in [0.4, 0.5) is 11.4 Å². The maximum Gasteiger partial charge on any atom is 0.269 e. The summed E-state index contributed by atoms with van der Waals surface area (Å²) in [6.45, 7) is 4.05. The minimum atomic E-state index is -0.429. The predicted octanol–water partition coefficient (Wildman–Crippen LogP) is 5.65. The number of ketones is 1. The third-order valence-corrected chi connectivity index (χ3v) is 5.13. The first-order valence-electron chi connectivity index (χ1n) is 9.63. The lowest BCUT2D eigenvalue weighted by Gasteiger charge is -2.21. The summed E-state index contributed by atoms with van der Waals surface area (Å²) in [5.74, 6) is 0.612. The Morgan fingerprint density at radius 3 is 2.40 bits per heavy atom. The van der Waals surface area contributed by atoms with E-state index in [4.69, 9.17) is 4.74 Å². The molecule has 6 heteroatoms. The molecule has 3 aromatic carbocycles. The highest BCUT2D eigenvalue weighted by Crippen LogP contribution is 2.28. The normalized spacial score (nSPS) is 11.6. The zero-order valence-electron chi connectivity index (χ0n) is 17.2. The Morgan fingerprint density at radius 1 is 1.03 bits per heavy atom. The van der Waals surface area contributed by atoms with Crippen LogP contribution >= 0.6 is 0 Å². The first-order chi connectivity index (χ1) is 14.4. The minimum Gasteiger partial charge on any atom is -0.497 e. The molecule has 0 aliphatic carbocycles. The number of non-ortho nitro benzene ring substituents is 1. The number of nitrogens with one attached hydrogen (secondary N) is 1. The van der Waals surface area contributed by atoms with Crippen LogP contribution in [0.25, 0.3) is 0 Å². The molecule has 3 aromatic rings. The number of hydrogen-bond donors (Lipinski definition) is 1. The fraction of sp³-hybridized carbons (Fsp3) is 0.208. The maximum atomic E-state index is 12.9. The number of Topliss-reactive ketones (excluding diaryl/α,β-unsaturated/α-hetero) is 1. The number of hydrogen-bond acceptors (Lipinski definition) is 5. The number of carbonyl (C=O) groups is 1. The van der Waals surface area contributed by atoms with Gasteiger partial charge in [-0.2, -0.15) is 0 Å². The van der Waals surface area contributed by atoms with E-state index in [0.29, 0.717) is 16.9 Å². The topological polar surface area (TPSA) is 81.5 Å². The van der Waals surface area contributed by atoms with Gasteiger partial charge in [0, 0.05) is 29.8 Å². The van der Waals surface area contributed by atoms with Gasteiger partial charge in [0.05, 0.1) is 18.1 Å². The largest absolute Gasteiger partial charge is 0.497 e. The molecule has 154 valence electrons. The van der Waals surface area contributed by atoms with Crippen LogP contribution in [-0.4, -0.2) is 17.8 Å². The smallest absolute Gasteiger partial charge is 0.269 e. The van der Waals surface area contributed by atoms with Gasteiger partial charge in [0.25, 0.3) is 5.69 Å². The molecule has 0 saturated heterocycles. The first-order valence-corrected chi connectivity index (χ1v) is 9.63. The molecule has 1 unspecified atom stereocenters. The number of ether oxygens (including phenoxy) is 1. The van der Waals surface area contributed by atoms with Crippen molar-refractivity contribution in [3.63, 3.8) is 0 Å². The summed E-state index contributed by atoms with van der Waals surface area (Å²) in [5.41, 5.74) is 4.40. The molecule has 6 nitrogen and oxygen atoms in total. The predicted molar refractivity (Wildman–Crippen MR) is 117 cm³/mol. The lowest BCUT2D eigenvalue weighted by Crippen LogP contribution is -2.16. The van der Waals surface area contributed by atoms with Crippen LogP contribution in [0.15, 0.2) is 66.7 Å². The average molecular weight is 404 g/mol. The van der Waals surface area contributed by atoms with E-state index in [-0.39, 0.29) is 17.9 Å². The van der Waals surface area contributed by atoms with E-state index in [1.807, 2.05) is 32.0 Å². The fourth-order valence-electron chi connectivity index (χ4n) is 3.22. The highest BCUT2D eigenvalue weighted by atomic mass is 16.6. The zero-order chi connectivity index (χ0) is 21.7. The molecule has 3 rings (SSSR count). The zero-order valence-corrected chi connectivity index (χ0v) is 17.2. The summed E-state index contributed by atoms with van der Waals surface area (Å²) >= 11 is 0. The highest BCUT2D eigenvalue weighted by molar-refractivity contribution is 5.96. The van der Waals surface area contributed by atoms with E-state index >= 15 is 0 Å². The van der Waals surface area contributed by atoms with E-state index in [0.717, 1.165) is 11.3 Å². The van der Waals surface area contributed by atoms with Crippen molar-refractivity contribution >= 4 is 17.2 Å². The van der Waals surface area contributed by atoms with Gasteiger partial charge in [-0.15, -0.1) is 0 Å². The molecule has 1 N–H and O–H groups in total. The van der Waals surface area contributed by atoms with Gasteiger partial charge in [0.2, 0.25) is 0 Å². The molecular formula is C24H24N2O4. The summed E-state index contributed by atoms with van der Waals surface area (Å²) in [7, 11) is 1.57. The number of methoxy groups -OCH3 is 1. The van der Waals surface area contributed by atoms with Crippen LogP contribution in [-0.2, 0) is 0 Å². The Balaban J connectivity index is 1.91. The van der Waals surface area contributed by atoms with Crippen LogP contribution < -0.4 is 10.1 Å². The monoisotopic (exact) mass is 404 g/mol. The van der Waals surface area contributed by atoms with Crippen molar-refractivity contribution in [1.82, 2.24) is 0 Å². The molecule has 1 atom stereocenters. The number of anilines is 1. The SMILES string of the molecule is COc1ccc(C(=O)CC(Nc2ccc(C)c(C)c2)c2cccc([N+](=O)[O-])c2)cc1. The molecule has 0 radical (unpaired) electrons. The van der Waals surface area contributed by atoms with E-state index in [1.165, 1.54) is 17.7 Å². The van der Waals surface area contributed by atoms with Crippen molar-refractivity contribution in [2.24, 2.45) is 0 Å². The van der Waals surface area contributed by atoms with Gasteiger partial charge < -0.3 is 10.1 Å². The standard InChI is InChI=1S/C24H24N2O4/c1-16-7-10-20(13-17(16)2)25-23(19-5-4-6-21(14-19)26(28)29)15-24(27)18-8-11-22(30-3)12-9-18/h4-14,23,25H,15H2,1-3H3. The molecule has 0 aromatic heterocycles. The number of carbonyl (C=O) groups excluding carboxylic acids is 1. The van der Waals surface area contributed by atoms with Gasteiger partial charge >= 0.3 is 0 Å². The van der Waals surface area contributed by atoms with Gasteiger partial charge in [-0.05, 0) is 66.9 Å². The second-order valence-corrected chi connectivity index (χ2v) is 7.20. The van der Waals surface area contributed by atoms with E-state index < -0.39 is 11.0 Å². The van der Waals surface area contributed by atoms with Crippen LogP contribution in [0.1, 0.15) is 39.5 Å².